The van der Waals surface area contributed by atoms with Crippen LogP contribution in [0.1, 0.15) is 29.0 Å². The Morgan fingerprint density at radius 2 is 2.29 bits per heavy atom. The first-order chi connectivity index (χ1) is 10.1. The minimum absolute atomic E-state index is 0.0358. The number of carbonyl (C=O) groups excluding carboxylic acids is 2. The molecule has 1 aromatic rings. The van der Waals surface area contributed by atoms with Gasteiger partial charge in [-0.25, -0.2) is 0 Å². The second-order valence-corrected chi connectivity index (χ2v) is 5.64. The molecular weight excluding hydrogens is 272 g/mol. The lowest BCUT2D eigenvalue weighted by atomic mass is 10.1. The Kier molecular flexibility index (Phi) is 3.71. The predicted molar refractivity (Wildman–Crippen MR) is 74.9 cm³/mol. The number of hydrogen-bond donors (Lipinski definition) is 0. The van der Waals surface area contributed by atoms with Gasteiger partial charge in [0.1, 0.15) is 0 Å². The maximum atomic E-state index is 12.6. The molecule has 2 amide bonds. The normalized spacial score (nSPS) is 24.8. The van der Waals surface area contributed by atoms with Crippen molar-refractivity contribution < 1.29 is 18.7 Å². The number of aryl methyl sites for hydroxylation is 1. The molecular formula is C15H20N2O4. The Bertz CT molecular complexity index is 554. The van der Waals surface area contributed by atoms with E-state index in [-0.39, 0.29) is 23.9 Å². The van der Waals surface area contributed by atoms with Gasteiger partial charge in [-0.1, -0.05) is 0 Å². The smallest absolute Gasteiger partial charge is 0.290 e. The van der Waals surface area contributed by atoms with Crippen LogP contribution in [0.2, 0.25) is 0 Å². The maximum Gasteiger partial charge on any atom is 0.290 e. The molecule has 0 spiro atoms. The summed E-state index contributed by atoms with van der Waals surface area (Å²) in [6.45, 7) is 3.65. The van der Waals surface area contributed by atoms with Gasteiger partial charge in [0, 0.05) is 32.2 Å². The van der Waals surface area contributed by atoms with Gasteiger partial charge in [-0.15, -0.1) is 0 Å². The van der Waals surface area contributed by atoms with Crippen molar-refractivity contribution in [2.45, 2.75) is 31.8 Å². The highest BCUT2D eigenvalue weighted by atomic mass is 16.5. The van der Waals surface area contributed by atoms with Gasteiger partial charge in [0.25, 0.3) is 5.91 Å². The SMILES string of the molecule is COCCN1C(=O)C[C@H]2[C@H]1CCN2C(=O)c1occc1C. The van der Waals surface area contributed by atoms with Crippen LogP contribution in [0.15, 0.2) is 16.7 Å². The molecule has 0 aromatic carbocycles. The van der Waals surface area contributed by atoms with Crippen LogP contribution in [-0.4, -0.2) is 60.5 Å². The number of furan rings is 1. The highest BCUT2D eigenvalue weighted by molar-refractivity contribution is 5.94. The van der Waals surface area contributed by atoms with Crippen molar-refractivity contribution in [2.75, 3.05) is 26.8 Å². The topological polar surface area (TPSA) is 63.0 Å². The van der Waals surface area contributed by atoms with Crippen LogP contribution in [0.5, 0.6) is 0 Å². The number of methoxy groups -OCH3 is 1. The molecule has 0 bridgehead atoms. The van der Waals surface area contributed by atoms with E-state index >= 15 is 0 Å². The van der Waals surface area contributed by atoms with Gasteiger partial charge < -0.3 is 19.0 Å². The molecule has 0 radical (unpaired) electrons. The number of nitrogens with zero attached hydrogens (tertiary/aromatic N) is 2. The average molecular weight is 292 g/mol. The van der Waals surface area contributed by atoms with Gasteiger partial charge in [0.15, 0.2) is 5.76 Å². The van der Waals surface area contributed by atoms with Crippen LogP contribution in [-0.2, 0) is 9.53 Å². The van der Waals surface area contributed by atoms with Crippen LogP contribution in [0, 0.1) is 6.92 Å². The molecule has 0 N–H and O–H groups in total. The molecule has 0 saturated carbocycles. The Morgan fingerprint density at radius 3 is 2.95 bits per heavy atom. The van der Waals surface area contributed by atoms with Crippen molar-refractivity contribution in [1.29, 1.82) is 0 Å². The average Bonchev–Trinajstić information content (AvgIpc) is 3.12. The molecule has 21 heavy (non-hydrogen) atoms. The third-order valence-corrected chi connectivity index (χ3v) is 4.47. The van der Waals surface area contributed by atoms with E-state index in [0.29, 0.717) is 31.9 Å². The fraction of sp³-hybridized carbons (Fsp3) is 0.600. The van der Waals surface area contributed by atoms with Crippen LogP contribution < -0.4 is 0 Å². The Morgan fingerprint density at radius 1 is 1.48 bits per heavy atom. The fourth-order valence-corrected chi connectivity index (χ4v) is 3.38. The second-order valence-electron chi connectivity index (χ2n) is 5.64. The van der Waals surface area contributed by atoms with Gasteiger partial charge in [-0.05, 0) is 19.4 Å². The van der Waals surface area contributed by atoms with Gasteiger partial charge in [0.2, 0.25) is 5.91 Å². The molecule has 2 fully saturated rings. The molecule has 114 valence electrons. The fourth-order valence-electron chi connectivity index (χ4n) is 3.38. The van der Waals surface area contributed by atoms with Crippen molar-refractivity contribution in [3.05, 3.63) is 23.7 Å². The summed E-state index contributed by atoms with van der Waals surface area (Å²) in [5.74, 6) is 0.389. The van der Waals surface area contributed by atoms with Gasteiger partial charge in [-0.3, -0.25) is 9.59 Å². The first kappa shape index (κ1) is 14.1. The lowest BCUT2D eigenvalue weighted by molar-refractivity contribution is -0.129. The number of hydrogen-bond acceptors (Lipinski definition) is 4. The first-order valence-corrected chi connectivity index (χ1v) is 7.27. The quantitative estimate of drug-likeness (QED) is 0.832. The number of rotatable bonds is 4. The molecule has 2 atom stereocenters. The molecule has 2 aliphatic heterocycles. The highest BCUT2D eigenvalue weighted by Gasteiger charge is 2.48. The summed E-state index contributed by atoms with van der Waals surface area (Å²) in [7, 11) is 1.63. The third-order valence-electron chi connectivity index (χ3n) is 4.47. The van der Waals surface area contributed by atoms with Crippen LogP contribution in [0.25, 0.3) is 0 Å². The molecule has 6 nitrogen and oxygen atoms in total. The van der Waals surface area contributed by atoms with E-state index in [0.717, 1.165) is 12.0 Å². The van der Waals surface area contributed by atoms with E-state index in [9.17, 15) is 9.59 Å². The molecule has 6 heteroatoms. The first-order valence-electron chi connectivity index (χ1n) is 7.27. The summed E-state index contributed by atoms with van der Waals surface area (Å²) in [4.78, 5) is 28.4. The summed E-state index contributed by atoms with van der Waals surface area (Å²) < 4.78 is 10.4. The van der Waals surface area contributed by atoms with Crippen LogP contribution in [0.3, 0.4) is 0 Å². The maximum absolute atomic E-state index is 12.6. The zero-order chi connectivity index (χ0) is 15.0. The summed E-state index contributed by atoms with van der Waals surface area (Å²) >= 11 is 0. The van der Waals surface area contributed by atoms with Crippen LogP contribution >= 0.6 is 0 Å². The standard InChI is InChI=1S/C15H20N2O4/c1-10-4-7-21-14(10)15(19)17-5-3-11-12(17)9-13(18)16(11)6-8-20-2/h4,7,11-12H,3,5-6,8-9H2,1-2H3/t11-,12+/m1/s1. The highest BCUT2D eigenvalue weighted by Crippen LogP contribution is 2.33. The molecule has 0 aliphatic carbocycles. The number of amides is 2. The van der Waals surface area contributed by atoms with Crippen molar-refractivity contribution in [1.82, 2.24) is 9.80 Å². The largest absolute Gasteiger partial charge is 0.459 e. The predicted octanol–water partition coefficient (Wildman–Crippen LogP) is 1.05. The molecule has 2 saturated heterocycles. The zero-order valence-corrected chi connectivity index (χ0v) is 12.4. The minimum Gasteiger partial charge on any atom is -0.459 e. The van der Waals surface area contributed by atoms with Crippen molar-refractivity contribution in [3.8, 4) is 0 Å². The van der Waals surface area contributed by atoms with E-state index in [2.05, 4.69) is 0 Å². The van der Waals surface area contributed by atoms with E-state index in [1.165, 1.54) is 6.26 Å². The molecule has 1 aromatic heterocycles. The molecule has 3 heterocycles. The van der Waals surface area contributed by atoms with Crippen molar-refractivity contribution >= 4 is 11.8 Å². The minimum atomic E-state index is -0.105. The molecule has 3 rings (SSSR count). The number of ether oxygens (including phenoxy) is 1. The van der Waals surface area contributed by atoms with Crippen molar-refractivity contribution in [3.63, 3.8) is 0 Å². The Hall–Kier alpha value is -1.82. The monoisotopic (exact) mass is 292 g/mol. The summed E-state index contributed by atoms with van der Waals surface area (Å²) in [6.07, 6.45) is 2.76. The van der Waals surface area contributed by atoms with Crippen LogP contribution in [0.4, 0.5) is 0 Å². The lowest BCUT2D eigenvalue weighted by Crippen LogP contribution is -2.40. The number of fused-ring (bicyclic) bond motifs is 1. The molecule has 2 aliphatic rings. The summed E-state index contributed by atoms with van der Waals surface area (Å²) in [5, 5.41) is 0. The summed E-state index contributed by atoms with van der Waals surface area (Å²) in [6, 6.07) is 1.86. The zero-order valence-electron chi connectivity index (χ0n) is 12.4. The van der Waals surface area contributed by atoms with E-state index in [1.807, 2.05) is 11.8 Å². The second kappa shape index (κ2) is 5.52. The van der Waals surface area contributed by atoms with E-state index < -0.39 is 0 Å². The lowest BCUT2D eigenvalue weighted by Gasteiger charge is -2.24. The Balaban J connectivity index is 1.75. The van der Waals surface area contributed by atoms with Gasteiger partial charge in [0.05, 0.1) is 25.0 Å². The Labute approximate surface area is 123 Å². The molecule has 0 unspecified atom stereocenters. The summed E-state index contributed by atoms with van der Waals surface area (Å²) in [5.41, 5.74) is 0.837. The third kappa shape index (κ3) is 2.33. The van der Waals surface area contributed by atoms with E-state index in [4.69, 9.17) is 9.15 Å². The van der Waals surface area contributed by atoms with E-state index in [1.54, 1.807) is 18.1 Å². The number of likely N-dealkylation sites (tertiary alicyclic amines) is 2. The van der Waals surface area contributed by atoms with Gasteiger partial charge in [-0.2, -0.15) is 0 Å². The number of carbonyl (C=O) groups is 2. The van der Waals surface area contributed by atoms with Gasteiger partial charge >= 0.3 is 0 Å². The van der Waals surface area contributed by atoms with Crippen molar-refractivity contribution in [2.24, 2.45) is 0 Å².